The van der Waals surface area contributed by atoms with Crippen LogP contribution in [0.2, 0.25) is 0 Å². The zero-order valence-electron chi connectivity index (χ0n) is 9.82. The van der Waals surface area contributed by atoms with Crippen LogP contribution in [0.3, 0.4) is 0 Å². The molecule has 0 spiro atoms. The SMILES string of the molecule is CCCCCC(=O)Nc1ccc(=O)n(C)c1. The van der Waals surface area contributed by atoms with Crippen LogP contribution in [-0.2, 0) is 11.8 Å². The van der Waals surface area contributed by atoms with Gasteiger partial charge in [-0.1, -0.05) is 19.8 Å². The smallest absolute Gasteiger partial charge is 0.250 e. The van der Waals surface area contributed by atoms with Gasteiger partial charge in [-0.2, -0.15) is 0 Å². The normalized spacial score (nSPS) is 10.1. The Morgan fingerprint density at radius 2 is 2.12 bits per heavy atom. The van der Waals surface area contributed by atoms with E-state index in [0.717, 1.165) is 19.3 Å². The van der Waals surface area contributed by atoms with Crippen LogP contribution in [0.5, 0.6) is 0 Å². The van der Waals surface area contributed by atoms with Crippen molar-refractivity contribution in [2.75, 3.05) is 5.32 Å². The standard InChI is InChI=1S/C12H18N2O2/c1-3-4-5-6-11(15)13-10-7-8-12(16)14(2)9-10/h7-9H,3-6H2,1-2H3,(H,13,15). The lowest BCUT2D eigenvalue weighted by atomic mass is 10.2. The molecule has 0 fully saturated rings. The highest BCUT2D eigenvalue weighted by molar-refractivity contribution is 5.90. The molecule has 0 radical (unpaired) electrons. The number of rotatable bonds is 5. The first-order chi connectivity index (χ1) is 7.63. The van der Waals surface area contributed by atoms with E-state index >= 15 is 0 Å². The highest BCUT2D eigenvalue weighted by atomic mass is 16.1. The first kappa shape index (κ1) is 12.5. The Morgan fingerprint density at radius 3 is 2.75 bits per heavy atom. The Morgan fingerprint density at radius 1 is 1.38 bits per heavy atom. The summed E-state index contributed by atoms with van der Waals surface area (Å²) in [4.78, 5) is 22.6. The molecule has 0 aromatic carbocycles. The van der Waals surface area contributed by atoms with Crippen LogP contribution < -0.4 is 10.9 Å². The van der Waals surface area contributed by atoms with Crippen molar-refractivity contribution in [3.05, 3.63) is 28.7 Å². The van der Waals surface area contributed by atoms with Gasteiger partial charge in [-0.05, 0) is 12.5 Å². The van der Waals surface area contributed by atoms with E-state index in [1.54, 1.807) is 19.3 Å². The molecule has 0 atom stereocenters. The monoisotopic (exact) mass is 222 g/mol. The maximum atomic E-state index is 11.5. The fourth-order valence-electron chi connectivity index (χ4n) is 1.43. The molecule has 0 aliphatic rings. The van der Waals surface area contributed by atoms with Gasteiger partial charge in [0.15, 0.2) is 0 Å². The van der Waals surface area contributed by atoms with Gasteiger partial charge in [0.2, 0.25) is 11.5 Å². The Hall–Kier alpha value is -1.58. The Balaban J connectivity index is 2.50. The number of nitrogens with zero attached hydrogens (tertiary/aromatic N) is 1. The van der Waals surface area contributed by atoms with Crippen molar-refractivity contribution >= 4 is 11.6 Å². The summed E-state index contributed by atoms with van der Waals surface area (Å²) in [5.74, 6) is 0.00657. The Bertz CT molecular complexity index is 410. The number of aryl methyl sites for hydroxylation is 1. The maximum absolute atomic E-state index is 11.5. The van der Waals surface area contributed by atoms with E-state index in [9.17, 15) is 9.59 Å². The van der Waals surface area contributed by atoms with Crippen molar-refractivity contribution in [2.45, 2.75) is 32.6 Å². The predicted molar refractivity (Wildman–Crippen MR) is 64.5 cm³/mol. The number of unbranched alkanes of at least 4 members (excludes halogenated alkanes) is 2. The van der Waals surface area contributed by atoms with Gasteiger partial charge in [-0.3, -0.25) is 9.59 Å². The van der Waals surface area contributed by atoms with E-state index in [2.05, 4.69) is 12.2 Å². The summed E-state index contributed by atoms with van der Waals surface area (Å²) in [6.45, 7) is 2.10. The fourth-order valence-corrected chi connectivity index (χ4v) is 1.43. The maximum Gasteiger partial charge on any atom is 0.250 e. The van der Waals surface area contributed by atoms with Crippen LogP contribution in [0.4, 0.5) is 5.69 Å². The molecule has 0 aliphatic heterocycles. The first-order valence-electron chi connectivity index (χ1n) is 5.60. The van der Waals surface area contributed by atoms with Crippen LogP contribution in [0.1, 0.15) is 32.6 Å². The van der Waals surface area contributed by atoms with Crippen molar-refractivity contribution in [1.29, 1.82) is 0 Å². The number of amides is 1. The van der Waals surface area contributed by atoms with Gasteiger partial charge < -0.3 is 9.88 Å². The molecular formula is C12H18N2O2. The lowest BCUT2D eigenvalue weighted by Gasteiger charge is -2.06. The third-order valence-electron chi connectivity index (χ3n) is 2.38. The number of anilines is 1. The van der Waals surface area contributed by atoms with Crippen molar-refractivity contribution in [2.24, 2.45) is 7.05 Å². The molecule has 1 heterocycles. The largest absolute Gasteiger partial charge is 0.325 e. The minimum absolute atomic E-state index is 0.00657. The third kappa shape index (κ3) is 3.88. The Labute approximate surface area is 95.3 Å². The van der Waals surface area contributed by atoms with Crippen LogP contribution in [0, 0.1) is 0 Å². The third-order valence-corrected chi connectivity index (χ3v) is 2.38. The topological polar surface area (TPSA) is 51.1 Å². The molecule has 1 aromatic heterocycles. The molecule has 0 saturated heterocycles. The average Bonchev–Trinajstić information content (AvgIpc) is 2.24. The van der Waals surface area contributed by atoms with E-state index in [-0.39, 0.29) is 11.5 Å². The van der Waals surface area contributed by atoms with E-state index in [4.69, 9.17) is 0 Å². The van der Waals surface area contributed by atoms with Crippen molar-refractivity contribution in [3.8, 4) is 0 Å². The summed E-state index contributed by atoms with van der Waals surface area (Å²) in [5, 5.41) is 2.77. The van der Waals surface area contributed by atoms with E-state index in [1.165, 1.54) is 10.6 Å². The molecule has 1 aromatic rings. The number of pyridine rings is 1. The summed E-state index contributed by atoms with van der Waals surface area (Å²) in [6, 6.07) is 3.07. The molecular weight excluding hydrogens is 204 g/mol. The van der Waals surface area contributed by atoms with Gasteiger partial charge in [0, 0.05) is 25.7 Å². The highest BCUT2D eigenvalue weighted by Gasteiger charge is 2.02. The molecule has 88 valence electrons. The zero-order chi connectivity index (χ0) is 12.0. The minimum Gasteiger partial charge on any atom is -0.325 e. The lowest BCUT2D eigenvalue weighted by molar-refractivity contribution is -0.116. The summed E-state index contributed by atoms with van der Waals surface area (Å²) >= 11 is 0. The van der Waals surface area contributed by atoms with E-state index < -0.39 is 0 Å². The lowest BCUT2D eigenvalue weighted by Crippen LogP contribution is -2.17. The molecule has 0 aliphatic carbocycles. The number of carbonyl (C=O) groups excluding carboxylic acids is 1. The summed E-state index contributed by atoms with van der Waals surface area (Å²) < 4.78 is 1.45. The van der Waals surface area contributed by atoms with Gasteiger partial charge in [0.25, 0.3) is 0 Å². The van der Waals surface area contributed by atoms with Gasteiger partial charge in [-0.15, -0.1) is 0 Å². The number of hydrogen-bond donors (Lipinski definition) is 1. The summed E-state index contributed by atoms with van der Waals surface area (Å²) in [6.07, 6.45) is 5.25. The van der Waals surface area contributed by atoms with Crippen LogP contribution in [0.25, 0.3) is 0 Å². The van der Waals surface area contributed by atoms with E-state index in [0.29, 0.717) is 12.1 Å². The second-order valence-electron chi connectivity index (χ2n) is 3.87. The molecule has 1 amide bonds. The molecule has 0 unspecified atom stereocenters. The van der Waals surface area contributed by atoms with Crippen molar-refractivity contribution < 1.29 is 4.79 Å². The highest BCUT2D eigenvalue weighted by Crippen LogP contribution is 2.05. The second kappa shape index (κ2) is 6.10. The molecule has 0 saturated carbocycles. The van der Waals surface area contributed by atoms with Gasteiger partial charge in [-0.25, -0.2) is 0 Å². The van der Waals surface area contributed by atoms with E-state index in [1.807, 2.05) is 0 Å². The molecule has 1 N–H and O–H groups in total. The predicted octanol–water partition coefficient (Wildman–Crippen LogP) is 1.90. The number of carbonyl (C=O) groups is 1. The minimum atomic E-state index is -0.0796. The number of nitrogens with one attached hydrogen (secondary N) is 1. The molecule has 4 heteroatoms. The average molecular weight is 222 g/mol. The number of hydrogen-bond acceptors (Lipinski definition) is 2. The van der Waals surface area contributed by atoms with Crippen LogP contribution in [0.15, 0.2) is 23.1 Å². The van der Waals surface area contributed by atoms with Gasteiger partial charge in [0.05, 0.1) is 5.69 Å². The quantitative estimate of drug-likeness (QED) is 0.774. The zero-order valence-corrected chi connectivity index (χ0v) is 9.82. The fraction of sp³-hybridized carbons (Fsp3) is 0.500. The van der Waals surface area contributed by atoms with Crippen LogP contribution >= 0.6 is 0 Å². The summed E-state index contributed by atoms with van der Waals surface area (Å²) in [5.41, 5.74) is 0.590. The molecule has 4 nitrogen and oxygen atoms in total. The second-order valence-corrected chi connectivity index (χ2v) is 3.87. The van der Waals surface area contributed by atoms with Gasteiger partial charge in [0.1, 0.15) is 0 Å². The first-order valence-corrected chi connectivity index (χ1v) is 5.60. The molecule has 1 rings (SSSR count). The van der Waals surface area contributed by atoms with Crippen molar-refractivity contribution in [3.63, 3.8) is 0 Å². The summed E-state index contributed by atoms with van der Waals surface area (Å²) in [7, 11) is 1.66. The van der Waals surface area contributed by atoms with Crippen molar-refractivity contribution in [1.82, 2.24) is 4.57 Å². The Kier molecular flexibility index (Phi) is 4.76. The molecule has 16 heavy (non-hydrogen) atoms. The number of aromatic nitrogens is 1. The van der Waals surface area contributed by atoms with Gasteiger partial charge >= 0.3 is 0 Å². The van der Waals surface area contributed by atoms with Crippen LogP contribution in [-0.4, -0.2) is 10.5 Å². The molecule has 0 bridgehead atoms.